The molecule has 0 radical (unpaired) electrons. The molecule has 0 saturated carbocycles. The van der Waals surface area contributed by atoms with Gasteiger partial charge in [-0.25, -0.2) is 0 Å². The van der Waals surface area contributed by atoms with Gasteiger partial charge in [0.25, 0.3) is 0 Å². The lowest BCUT2D eigenvalue weighted by atomic mass is 10.0. The van der Waals surface area contributed by atoms with Crippen molar-refractivity contribution in [2.75, 3.05) is 26.7 Å². The maximum atomic E-state index is 12.3. The van der Waals surface area contributed by atoms with Crippen molar-refractivity contribution < 1.29 is 9.59 Å². The molecule has 2 unspecified atom stereocenters. The van der Waals surface area contributed by atoms with Gasteiger partial charge in [0.2, 0.25) is 5.91 Å². The van der Waals surface area contributed by atoms with Crippen LogP contribution < -0.4 is 10.6 Å². The fourth-order valence-electron chi connectivity index (χ4n) is 2.67. The van der Waals surface area contributed by atoms with E-state index in [0.29, 0.717) is 6.42 Å². The predicted octanol–water partition coefficient (Wildman–Crippen LogP) is 1.82. The highest BCUT2D eigenvalue weighted by atomic mass is 16.2. The highest BCUT2D eigenvalue weighted by molar-refractivity contribution is 5.89. The Morgan fingerprint density at radius 2 is 1.77 bits per heavy atom. The van der Waals surface area contributed by atoms with Crippen LogP contribution in [0.15, 0.2) is 0 Å². The van der Waals surface area contributed by atoms with Gasteiger partial charge >= 0.3 is 0 Å². The third kappa shape index (κ3) is 7.90. The molecule has 0 rings (SSSR count). The van der Waals surface area contributed by atoms with E-state index in [0.717, 1.165) is 32.5 Å². The van der Waals surface area contributed by atoms with Crippen LogP contribution in [0.4, 0.5) is 0 Å². The number of ketones is 1. The molecule has 0 saturated heterocycles. The molecule has 0 aliphatic carbocycles. The normalized spacial score (nSPS) is 14.2. The summed E-state index contributed by atoms with van der Waals surface area (Å²) in [6.45, 7) is 13.0. The first-order valence-electron chi connectivity index (χ1n) is 8.57. The Bertz CT molecular complexity index is 332. The van der Waals surface area contributed by atoms with Crippen molar-refractivity contribution in [2.45, 2.75) is 66.0 Å². The zero-order valence-electron chi connectivity index (χ0n) is 15.2. The van der Waals surface area contributed by atoms with Gasteiger partial charge in [-0.05, 0) is 58.8 Å². The Hall–Kier alpha value is -0.940. The van der Waals surface area contributed by atoms with Gasteiger partial charge in [-0.3, -0.25) is 9.59 Å². The lowest BCUT2D eigenvalue weighted by Gasteiger charge is -2.24. The SMILES string of the molecule is CCCN(CC)CCCC(NC(=O)C(NC)C(C)C)C(C)=O. The lowest BCUT2D eigenvalue weighted by Crippen LogP contribution is -2.51. The molecule has 2 N–H and O–H groups in total. The Morgan fingerprint density at radius 1 is 1.14 bits per heavy atom. The molecule has 0 aromatic carbocycles. The van der Waals surface area contributed by atoms with Crippen LogP contribution in [0.2, 0.25) is 0 Å². The summed E-state index contributed by atoms with van der Waals surface area (Å²) in [5, 5.41) is 5.92. The molecule has 0 aliphatic heterocycles. The number of carbonyl (C=O) groups is 2. The number of nitrogens with zero attached hydrogens (tertiary/aromatic N) is 1. The summed E-state index contributed by atoms with van der Waals surface area (Å²) in [4.78, 5) is 26.4. The summed E-state index contributed by atoms with van der Waals surface area (Å²) in [6, 6.07) is -0.628. The van der Waals surface area contributed by atoms with Crippen molar-refractivity contribution in [3.8, 4) is 0 Å². The summed E-state index contributed by atoms with van der Waals surface area (Å²) in [7, 11) is 1.77. The van der Waals surface area contributed by atoms with E-state index in [-0.39, 0.29) is 29.7 Å². The monoisotopic (exact) mass is 313 g/mol. The van der Waals surface area contributed by atoms with E-state index in [4.69, 9.17) is 0 Å². The van der Waals surface area contributed by atoms with E-state index in [1.54, 1.807) is 14.0 Å². The molecule has 130 valence electrons. The Kier molecular flexibility index (Phi) is 11.1. The van der Waals surface area contributed by atoms with Crippen LogP contribution in [-0.2, 0) is 9.59 Å². The summed E-state index contributed by atoms with van der Waals surface area (Å²) in [6.07, 6.45) is 2.76. The molecule has 5 nitrogen and oxygen atoms in total. The third-order valence-electron chi connectivity index (χ3n) is 4.02. The first-order valence-corrected chi connectivity index (χ1v) is 8.57. The maximum absolute atomic E-state index is 12.3. The van der Waals surface area contributed by atoms with Crippen molar-refractivity contribution in [1.82, 2.24) is 15.5 Å². The van der Waals surface area contributed by atoms with Gasteiger partial charge in [0.05, 0.1) is 12.1 Å². The Labute approximate surface area is 136 Å². The van der Waals surface area contributed by atoms with Gasteiger partial charge < -0.3 is 15.5 Å². The molecule has 0 heterocycles. The van der Waals surface area contributed by atoms with Crippen LogP contribution in [0.5, 0.6) is 0 Å². The highest BCUT2D eigenvalue weighted by Crippen LogP contribution is 2.06. The van der Waals surface area contributed by atoms with Crippen molar-refractivity contribution in [1.29, 1.82) is 0 Å². The van der Waals surface area contributed by atoms with Crippen LogP contribution in [0.1, 0.15) is 53.9 Å². The first kappa shape index (κ1) is 21.1. The minimum atomic E-state index is -0.373. The summed E-state index contributed by atoms with van der Waals surface area (Å²) >= 11 is 0. The molecule has 5 heteroatoms. The zero-order valence-corrected chi connectivity index (χ0v) is 15.2. The highest BCUT2D eigenvalue weighted by Gasteiger charge is 2.24. The molecule has 0 aromatic heterocycles. The molecule has 0 fully saturated rings. The maximum Gasteiger partial charge on any atom is 0.237 e. The molecule has 0 aromatic rings. The fourth-order valence-corrected chi connectivity index (χ4v) is 2.67. The number of nitrogens with one attached hydrogen (secondary N) is 2. The second kappa shape index (κ2) is 11.6. The first-order chi connectivity index (χ1) is 10.4. The number of Topliss-reactive ketones (excluding diaryl/α,β-unsaturated/α-hetero) is 1. The average molecular weight is 313 g/mol. The number of rotatable bonds is 12. The van der Waals surface area contributed by atoms with Crippen LogP contribution in [0.25, 0.3) is 0 Å². The molecular formula is C17H35N3O2. The van der Waals surface area contributed by atoms with Gasteiger partial charge in [0.1, 0.15) is 0 Å². The molecular weight excluding hydrogens is 278 g/mol. The fraction of sp³-hybridized carbons (Fsp3) is 0.882. The number of likely N-dealkylation sites (N-methyl/N-ethyl adjacent to an activating group) is 1. The lowest BCUT2D eigenvalue weighted by molar-refractivity contribution is -0.129. The van der Waals surface area contributed by atoms with E-state index in [9.17, 15) is 9.59 Å². The van der Waals surface area contributed by atoms with Crippen molar-refractivity contribution in [3.05, 3.63) is 0 Å². The zero-order chi connectivity index (χ0) is 17.1. The quantitative estimate of drug-likeness (QED) is 0.577. The van der Waals surface area contributed by atoms with E-state index in [2.05, 4.69) is 29.4 Å². The van der Waals surface area contributed by atoms with Crippen LogP contribution in [0, 0.1) is 5.92 Å². The Balaban J connectivity index is 4.43. The van der Waals surface area contributed by atoms with Crippen molar-refractivity contribution in [3.63, 3.8) is 0 Å². The standard InChI is InChI=1S/C17H35N3O2/c1-7-11-20(8-2)12-9-10-15(14(5)21)19-17(22)16(18-6)13(3)4/h13,15-16,18H,7-12H2,1-6H3,(H,19,22). The van der Waals surface area contributed by atoms with Crippen molar-refractivity contribution in [2.24, 2.45) is 5.92 Å². The number of carbonyl (C=O) groups excluding carboxylic acids is 2. The molecule has 22 heavy (non-hydrogen) atoms. The minimum absolute atomic E-state index is 0.0329. The molecule has 0 bridgehead atoms. The second-order valence-corrected chi connectivity index (χ2v) is 6.26. The smallest absolute Gasteiger partial charge is 0.237 e. The van der Waals surface area contributed by atoms with Crippen LogP contribution in [-0.4, -0.2) is 55.4 Å². The van der Waals surface area contributed by atoms with Gasteiger partial charge in [0.15, 0.2) is 5.78 Å². The third-order valence-corrected chi connectivity index (χ3v) is 4.02. The van der Waals surface area contributed by atoms with Crippen LogP contribution >= 0.6 is 0 Å². The van der Waals surface area contributed by atoms with E-state index >= 15 is 0 Å². The number of hydrogen-bond donors (Lipinski definition) is 2. The molecule has 0 aliphatic rings. The van der Waals surface area contributed by atoms with Gasteiger partial charge in [-0.1, -0.05) is 27.7 Å². The summed E-state index contributed by atoms with van der Waals surface area (Å²) in [5.41, 5.74) is 0. The summed E-state index contributed by atoms with van der Waals surface area (Å²) < 4.78 is 0. The van der Waals surface area contributed by atoms with Crippen LogP contribution in [0.3, 0.4) is 0 Å². The topological polar surface area (TPSA) is 61.4 Å². The van der Waals surface area contributed by atoms with Gasteiger partial charge in [-0.2, -0.15) is 0 Å². The number of hydrogen-bond acceptors (Lipinski definition) is 4. The largest absolute Gasteiger partial charge is 0.345 e. The van der Waals surface area contributed by atoms with Crippen molar-refractivity contribution >= 4 is 11.7 Å². The van der Waals surface area contributed by atoms with E-state index in [1.807, 2.05) is 13.8 Å². The van der Waals surface area contributed by atoms with E-state index in [1.165, 1.54) is 0 Å². The Morgan fingerprint density at radius 3 is 2.18 bits per heavy atom. The molecule has 2 atom stereocenters. The minimum Gasteiger partial charge on any atom is -0.345 e. The molecule has 1 amide bonds. The molecule has 0 spiro atoms. The number of amides is 1. The predicted molar refractivity (Wildman–Crippen MR) is 91.9 cm³/mol. The summed E-state index contributed by atoms with van der Waals surface area (Å²) in [5.74, 6) is 0.141. The average Bonchev–Trinajstić information content (AvgIpc) is 2.45. The van der Waals surface area contributed by atoms with Gasteiger partial charge in [0, 0.05) is 0 Å². The van der Waals surface area contributed by atoms with E-state index < -0.39 is 0 Å². The second-order valence-electron chi connectivity index (χ2n) is 6.26. The van der Waals surface area contributed by atoms with Gasteiger partial charge in [-0.15, -0.1) is 0 Å².